The van der Waals surface area contributed by atoms with Crippen LogP contribution in [-0.2, 0) is 0 Å². The summed E-state index contributed by atoms with van der Waals surface area (Å²) in [6.45, 7) is 4.05. The predicted molar refractivity (Wildman–Crippen MR) is 59.1 cm³/mol. The van der Waals surface area contributed by atoms with Crippen molar-refractivity contribution in [2.24, 2.45) is 5.92 Å². The topological polar surface area (TPSA) is 20.2 Å². The Morgan fingerprint density at radius 3 is 2.21 bits per heavy atom. The molecule has 0 fully saturated rings. The Bertz CT molecular complexity index is 115. The van der Waals surface area contributed by atoms with Crippen LogP contribution in [0.25, 0.3) is 0 Å². The van der Waals surface area contributed by atoms with Gasteiger partial charge in [-0.25, -0.2) is 4.39 Å². The number of hydrogen-bond donors (Lipinski definition) is 1. The molecule has 0 radical (unpaired) electrons. The number of unbranched alkanes of at least 4 members (excludes halogenated alkanes) is 2. The SMILES string of the molecule is CCCCCC(CO)CCCC(C)F. The first-order chi connectivity index (χ1) is 6.70. The molecule has 0 saturated heterocycles. The second kappa shape index (κ2) is 9.45. The average Bonchev–Trinajstić information content (AvgIpc) is 2.15. The van der Waals surface area contributed by atoms with Gasteiger partial charge in [-0.05, 0) is 32.1 Å². The maximum Gasteiger partial charge on any atom is 0.0973 e. The van der Waals surface area contributed by atoms with Crippen molar-refractivity contribution in [3.63, 3.8) is 0 Å². The Labute approximate surface area is 87.7 Å². The van der Waals surface area contributed by atoms with Crippen LogP contribution in [0.3, 0.4) is 0 Å². The van der Waals surface area contributed by atoms with Crippen LogP contribution >= 0.6 is 0 Å². The largest absolute Gasteiger partial charge is 0.396 e. The third kappa shape index (κ3) is 8.49. The van der Waals surface area contributed by atoms with Gasteiger partial charge in [0.25, 0.3) is 0 Å². The van der Waals surface area contributed by atoms with Crippen LogP contribution in [-0.4, -0.2) is 17.9 Å². The van der Waals surface area contributed by atoms with Crippen LogP contribution in [0.1, 0.15) is 58.8 Å². The van der Waals surface area contributed by atoms with Crippen molar-refractivity contribution in [1.82, 2.24) is 0 Å². The molecule has 1 nitrogen and oxygen atoms in total. The average molecular weight is 204 g/mol. The van der Waals surface area contributed by atoms with E-state index in [1.807, 2.05) is 0 Å². The van der Waals surface area contributed by atoms with E-state index in [4.69, 9.17) is 5.11 Å². The molecule has 2 heteroatoms. The second-order valence-electron chi connectivity index (χ2n) is 4.26. The Morgan fingerprint density at radius 2 is 1.71 bits per heavy atom. The number of aliphatic hydroxyl groups excluding tert-OH is 1. The van der Waals surface area contributed by atoms with Gasteiger partial charge in [-0.2, -0.15) is 0 Å². The molecular weight excluding hydrogens is 179 g/mol. The Morgan fingerprint density at radius 1 is 1.07 bits per heavy atom. The standard InChI is InChI=1S/C12H25FO/c1-3-4-5-8-12(10-14)9-6-7-11(2)13/h11-12,14H,3-10H2,1-2H3. The van der Waals surface area contributed by atoms with Gasteiger partial charge >= 0.3 is 0 Å². The van der Waals surface area contributed by atoms with E-state index in [1.165, 1.54) is 19.3 Å². The van der Waals surface area contributed by atoms with Crippen molar-refractivity contribution in [3.8, 4) is 0 Å². The Kier molecular flexibility index (Phi) is 9.37. The minimum Gasteiger partial charge on any atom is -0.396 e. The molecule has 0 aliphatic heterocycles. The maximum absolute atomic E-state index is 12.5. The van der Waals surface area contributed by atoms with E-state index in [0.717, 1.165) is 19.3 Å². The van der Waals surface area contributed by atoms with Crippen LogP contribution in [0, 0.1) is 5.92 Å². The van der Waals surface area contributed by atoms with E-state index < -0.39 is 6.17 Å². The van der Waals surface area contributed by atoms with Crippen molar-refractivity contribution in [3.05, 3.63) is 0 Å². The molecule has 0 saturated carbocycles. The summed E-state index contributed by atoms with van der Waals surface area (Å²) in [6, 6.07) is 0. The lowest BCUT2D eigenvalue weighted by Crippen LogP contribution is -2.07. The second-order valence-corrected chi connectivity index (χ2v) is 4.26. The monoisotopic (exact) mass is 204 g/mol. The van der Waals surface area contributed by atoms with Crippen molar-refractivity contribution in [2.45, 2.75) is 65.0 Å². The molecule has 0 aromatic rings. The van der Waals surface area contributed by atoms with Crippen LogP contribution in [0.15, 0.2) is 0 Å². The highest BCUT2D eigenvalue weighted by Crippen LogP contribution is 2.17. The van der Waals surface area contributed by atoms with Gasteiger partial charge in [0.05, 0.1) is 6.17 Å². The van der Waals surface area contributed by atoms with E-state index in [9.17, 15) is 4.39 Å². The summed E-state index contributed by atoms with van der Waals surface area (Å²) in [5.41, 5.74) is 0. The quantitative estimate of drug-likeness (QED) is 0.568. The van der Waals surface area contributed by atoms with Gasteiger partial charge in [0.2, 0.25) is 0 Å². The fourth-order valence-electron chi connectivity index (χ4n) is 1.70. The molecule has 0 heterocycles. The third-order valence-electron chi connectivity index (χ3n) is 2.69. The summed E-state index contributed by atoms with van der Waals surface area (Å²) in [4.78, 5) is 0. The number of hydrogen-bond acceptors (Lipinski definition) is 1. The molecule has 14 heavy (non-hydrogen) atoms. The summed E-state index contributed by atoms with van der Waals surface area (Å²) < 4.78 is 12.5. The molecule has 0 amide bonds. The summed E-state index contributed by atoms with van der Waals surface area (Å²) in [7, 11) is 0. The fraction of sp³-hybridized carbons (Fsp3) is 1.00. The molecule has 0 rings (SSSR count). The summed E-state index contributed by atoms with van der Waals surface area (Å²) >= 11 is 0. The Hall–Kier alpha value is -0.110. The lowest BCUT2D eigenvalue weighted by molar-refractivity contribution is 0.200. The van der Waals surface area contributed by atoms with Crippen molar-refractivity contribution >= 4 is 0 Å². The van der Waals surface area contributed by atoms with E-state index in [0.29, 0.717) is 12.3 Å². The minimum atomic E-state index is -0.690. The fourth-order valence-corrected chi connectivity index (χ4v) is 1.70. The lowest BCUT2D eigenvalue weighted by atomic mass is 9.96. The van der Waals surface area contributed by atoms with Gasteiger partial charge in [0.1, 0.15) is 0 Å². The molecular formula is C12H25FO. The highest BCUT2D eigenvalue weighted by atomic mass is 19.1. The van der Waals surface area contributed by atoms with Crippen molar-refractivity contribution in [1.29, 1.82) is 0 Å². The van der Waals surface area contributed by atoms with Gasteiger partial charge in [-0.15, -0.1) is 0 Å². The molecule has 2 atom stereocenters. The zero-order valence-corrected chi connectivity index (χ0v) is 9.64. The van der Waals surface area contributed by atoms with Crippen LogP contribution in [0.2, 0.25) is 0 Å². The highest BCUT2D eigenvalue weighted by molar-refractivity contribution is 4.60. The summed E-state index contributed by atoms with van der Waals surface area (Å²) in [5.74, 6) is 0.403. The molecule has 1 N–H and O–H groups in total. The molecule has 0 spiro atoms. The van der Waals surface area contributed by atoms with Crippen LogP contribution < -0.4 is 0 Å². The van der Waals surface area contributed by atoms with Gasteiger partial charge in [0, 0.05) is 6.61 Å². The predicted octanol–water partition coefficient (Wildman–Crippen LogP) is 3.70. The maximum atomic E-state index is 12.5. The molecule has 0 aromatic carbocycles. The van der Waals surface area contributed by atoms with Gasteiger partial charge in [-0.3, -0.25) is 0 Å². The van der Waals surface area contributed by atoms with Gasteiger partial charge in [-0.1, -0.05) is 32.6 Å². The molecule has 0 aliphatic rings. The van der Waals surface area contributed by atoms with E-state index in [2.05, 4.69) is 6.92 Å². The van der Waals surface area contributed by atoms with Crippen molar-refractivity contribution in [2.75, 3.05) is 6.61 Å². The number of rotatable bonds is 9. The summed E-state index contributed by atoms with van der Waals surface area (Å²) in [6.07, 6.45) is 6.62. The van der Waals surface area contributed by atoms with E-state index in [-0.39, 0.29) is 6.61 Å². The van der Waals surface area contributed by atoms with E-state index in [1.54, 1.807) is 6.92 Å². The summed E-state index contributed by atoms with van der Waals surface area (Å²) in [5, 5.41) is 9.10. The lowest BCUT2D eigenvalue weighted by Gasteiger charge is -2.13. The van der Waals surface area contributed by atoms with Crippen LogP contribution in [0.5, 0.6) is 0 Å². The number of halogens is 1. The zero-order valence-electron chi connectivity index (χ0n) is 9.64. The molecule has 0 aliphatic carbocycles. The first-order valence-corrected chi connectivity index (χ1v) is 5.95. The smallest absolute Gasteiger partial charge is 0.0973 e. The van der Waals surface area contributed by atoms with Gasteiger partial charge in [0.15, 0.2) is 0 Å². The van der Waals surface area contributed by atoms with Crippen LogP contribution in [0.4, 0.5) is 4.39 Å². The molecule has 86 valence electrons. The van der Waals surface area contributed by atoms with E-state index >= 15 is 0 Å². The molecule has 0 bridgehead atoms. The normalized spacial score (nSPS) is 15.4. The minimum absolute atomic E-state index is 0.268. The first-order valence-electron chi connectivity index (χ1n) is 5.95. The van der Waals surface area contributed by atoms with Crippen molar-refractivity contribution < 1.29 is 9.50 Å². The third-order valence-corrected chi connectivity index (χ3v) is 2.69. The molecule has 0 aromatic heterocycles. The zero-order chi connectivity index (χ0) is 10.8. The highest BCUT2D eigenvalue weighted by Gasteiger charge is 2.07. The Balaban J connectivity index is 3.38. The molecule has 2 unspecified atom stereocenters. The number of aliphatic hydroxyl groups is 1. The first kappa shape index (κ1) is 13.9. The number of alkyl halides is 1. The van der Waals surface area contributed by atoms with Gasteiger partial charge < -0.3 is 5.11 Å².